The summed E-state index contributed by atoms with van der Waals surface area (Å²) >= 11 is 1.51. The first-order valence-electron chi connectivity index (χ1n) is 8.96. The number of amides is 1. The molecule has 5 heteroatoms. The van der Waals surface area contributed by atoms with Gasteiger partial charge in [0.1, 0.15) is 5.76 Å². The molecule has 0 aliphatic carbocycles. The van der Waals surface area contributed by atoms with E-state index in [0.717, 1.165) is 21.0 Å². The number of nitrogens with zero attached hydrogens (tertiary/aromatic N) is 2. The first kappa shape index (κ1) is 16.7. The van der Waals surface area contributed by atoms with Crippen molar-refractivity contribution in [2.75, 3.05) is 4.90 Å². The quantitative estimate of drug-likeness (QED) is 0.388. The fourth-order valence-electron chi connectivity index (χ4n) is 3.24. The molecule has 3 aromatic carbocycles. The Morgan fingerprint density at radius 1 is 0.929 bits per heavy atom. The molecular formula is C23H16N2O2S. The molecule has 0 atom stereocenters. The second-order valence-electron chi connectivity index (χ2n) is 6.50. The minimum absolute atomic E-state index is 0.0961. The summed E-state index contributed by atoms with van der Waals surface area (Å²) in [6.07, 6.45) is 1.62. The summed E-state index contributed by atoms with van der Waals surface area (Å²) in [5, 5.41) is 2.81. The van der Waals surface area contributed by atoms with Crippen molar-refractivity contribution in [2.24, 2.45) is 0 Å². The summed E-state index contributed by atoms with van der Waals surface area (Å²) in [7, 11) is 0. The molecule has 0 saturated carbocycles. The molecule has 4 nitrogen and oxygen atoms in total. The van der Waals surface area contributed by atoms with Crippen LogP contribution in [0.3, 0.4) is 0 Å². The van der Waals surface area contributed by atoms with Gasteiger partial charge in [-0.05, 0) is 47.2 Å². The molecule has 1 amide bonds. The summed E-state index contributed by atoms with van der Waals surface area (Å²) in [5.74, 6) is 0.620. The number of hydrogen-bond acceptors (Lipinski definition) is 4. The number of anilines is 1. The second kappa shape index (κ2) is 6.94. The molecule has 0 aliphatic heterocycles. The van der Waals surface area contributed by atoms with E-state index < -0.39 is 0 Å². The van der Waals surface area contributed by atoms with Crippen molar-refractivity contribution in [3.8, 4) is 0 Å². The van der Waals surface area contributed by atoms with Crippen molar-refractivity contribution in [3.63, 3.8) is 0 Å². The highest BCUT2D eigenvalue weighted by Crippen LogP contribution is 2.31. The SMILES string of the molecule is O=C(c1ccc2ccccc2c1)N(Cc1ccco1)c1nc2ccccc2s1. The van der Waals surface area contributed by atoms with Crippen LogP contribution < -0.4 is 4.90 Å². The molecular weight excluding hydrogens is 368 g/mol. The van der Waals surface area contributed by atoms with Crippen LogP contribution in [0.5, 0.6) is 0 Å². The monoisotopic (exact) mass is 384 g/mol. The molecule has 5 aromatic rings. The number of aromatic nitrogens is 1. The van der Waals surface area contributed by atoms with Crippen LogP contribution >= 0.6 is 11.3 Å². The zero-order valence-electron chi connectivity index (χ0n) is 14.9. The third kappa shape index (κ3) is 3.06. The molecule has 0 aliphatic rings. The molecule has 2 heterocycles. The van der Waals surface area contributed by atoms with Gasteiger partial charge in [-0.2, -0.15) is 0 Å². The first-order valence-corrected chi connectivity index (χ1v) is 9.78. The van der Waals surface area contributed by atoms with Gasteiger partial charge in [0.25, 0.3) is 5.91 Å². The lowest BCUT2D eigenvalue weighted by molar-refractivity contribution is 0.0983. The maximum absolute atomic E-state index is 13.4. The zero-order chi connectivity index (χ0) is 18.9. The topological polar surface area (TPSA) is 46.3 Å². The Kier molecular flexibility index (Phi) is 4.14. The van der Waals surface area contributed by atoms with Crippen LogP contribution in [0.4, 0.5) is 5.13 Å². The number of carbonyl (C=O) groups is 1. The summed E-state index contributed by atoms with van der Waals surface area (Å²) < 4.78 is 6.55. The number of para-hydroxylation sites is 1. The molecule has 0 saturated heterocycles. The Labute approximate surface area is 165 Å². The highest BCUT2D eigenvalue weighted by Gasteiger charge is 2.23. The normalized spacial score (nSPS) is 11.1. The largest absolute Gasteiger partial charge is 0.467 e. The second-order valence-corrected chi connectivity index (χ2v) is 7.51. The zero-order valence-corrected chi connectivity index (χ0v) is 15.7. The predicted molar refractivity (Wildman–Crippen MR) is 113 cm³/mol. The van der Waals surface area contributed by atoms with Crippen LogP contribution in [0.15, 0.2) is 89.5 Å². The molecule has 0 fully saturated rings. The van der Waals surface area contributed by atoms with E-state index in [0.29, 0.717) is 23.0 Å². The number of carbonyl (C=O) groups excluding carboxylic acids is 1. The van der Waals surface area contributed by atoms with E-state index >= 15 is 0 Å². The van der Waals surface area contributed by atoms with Gasteiger partial charge in [0.05, 0.1) is 23.0 Å². The average molecular weight is 384 g/mol. The Bertz CT molecular complexity index is 1240. The van der Waals surface area contributed by atoms with Gasteiger partial charge >= 0.3 is 0 Å². The van der Waals surface area contributed by atoms with Gasteiger partial charge in [0.2, 0.25) is 0 Å². The number of furan rings is 1. The Hall–Kier alpha value is -3.44. The summed E-state index contributed by atoms with van der Waals surface area (Å²) in [6, 6.07) is 25.4. The van der Waals surface area contributed by atoms with E-state index in [1.165, 1.54) is 11.3 Å². The van der Waals surface area contributed by atoms with Gasteiger partial charge in [0.15, 0.2) is 5.13 Å². The van der Waals surface area contributed by atoms with Gasteiger partial charge in [-0.1, -0.05) is 53.8 Å². The highest BCUT2D eigenvalue weighted by atomic mass is 32.1. The lowest BCUT2D eigenvalue weighted by Crippen LogP contribution is -2.30. The fraction of sp³-hybridized carbons (Fsp3) is 0.0435. The van der Waals surface area contributed by atoms with Gasteiger partial charge in [0, 0.05) is 5.56 Å². The summed E-state index contributed by atoms with van der Waals surface area (Å²) in [6.45, 7) is 0.332. The third-order valence-electron chi connectivity index (χ3n) is 4.65. The van der Waals surface area contributed by atoms with Crippen LogP contribution in [0.1, 0.15) is 16.1 Å². The van der Waals surface area contributed by atoms with E-state index in [9.17, 15) is 4.79 Å². The maximum atomic E-state index is 13.4. The smallest absolute Gasteiger partial charge is 0.260 e. The van der Waals surface area contributed by atoms with Gasteiger partial charge in [-0.3, -0.25) is 9.69 Å². The number of benzene rings is 3. The van der Waals surface area contributed by atoms with E-state index in [1.54, 1.807) is 11.2 Å². The van der Waals surface area contributed by atoms with Gasteiger partial charge in [-0.15, -0.1) is 0 Å². The number of fused-ring (bicyclic) bond motifs is 2. The molecule has 0 spiro atoms. The van der Waals surface area contributed by atoms with Gasteiger partial charge < -0.3 is 4.42 Å². The third-order valence-corrected chi connectivity index (χ3v) is 5.71. The molecule has 0 unspecified atom stereocenters. The van der Waals surface area contributed by atoms with Crippen molar-refractivity contribution >= 4 is 43.4 Å². The first-order chi connectivity index (χ1) is 13.8. The minimum atomic E-state index is -0.0961. The maximum Gasteiger partial charge on any atom is 0.260 e. The van der Waals surface area contributed by atoms with Gasteiger partial charge in [-0.25, -0.2) is 4.98 Å². The van der Waals surface area contributed by atoms with Crippen molar-refractivity contribution in [1.82, 2.24) is 4.98 Å². The predicted octanol–water partition coefficient (Wildman–Crippen LogP) is 5.89. The van der Waals surface area contributed by atoms with Crippen LogP contribution in [0.2, 0.25) is 0 Å². The summed E-state index contributed by atoms with van der Waals surface area (Å²) in [5.41, 5.74) is 1.52. The standard InChI is InChI=1S/C23H16N2O2S/c26-22(18-12-11-16-6-1-2-7-17(16)14-18)25(15-19-8-5-13-27-19)23-24-20-9-3-4-10-21(20)28-23/h1-14H,15H2. The highest BCUT2D eigenvalue weighted by molar-refractivity contribution is 7.22. The molecule has 0 bridgehead atoms. The van der Waals surface area contributed by atoms with Crippen LogP contribution in [-0.4, -0.2) is 10.9 Å². The van der Waals surface area contributed by atoms with E-state index in [4.69, 9.17) is 4.42 Å². The van der Waals surface area contributed by atoms with Crippen LogP contribution in [0, 0.1) is 0 Å². The number of rotatable bonds is 4. The van der Waals surface area contributed by atoms with Crippen molar-refractivity contribution in [3.05, 3.63) is 96.4 Å². The average Bonchev–Trinajstić information content (AvgIpc) is 3.40. The lowest BCUT2D eigenvalue weighted by atomic mass is 10.1. The van der Waals surface area contributed by atoms with E-state index in [1.807, 2.05) is 78.9 Å². The van der Waals surface area contributed by atoms with Crippen molar-refractivity contribution in [2.45, 2.75) is 6.54 Å². The molecule has 2 aromatic heterocycles. The summed E-state index contributed by atoms with van der Waals surface area (Å²) in [4.78, 5) is 19.8. The Morgan fingerprint density at radius 3 is 2.57 bits per heavy atom. The van der Waals surface area contributed by atoms with E-state index in [2.05, 4.69) is 4.98 Å². The van der Waals surface area contributed by atoms with Crippen LogP contribution in [-0.2, 0) is 6.54 Å². The molecule has 0 radical (unpaired) electrons. The molecule has 28 heavy (non-hydrogen) atoms. The molecule has 5 rings (SSSR count). The molecule has 0 N–H and O–H groups in total. The fourth-order valence-corrected chi connectivity index (χ4v) is 4.20. The minimum Gasteiger partial charge on any atom is -0.467 e. The van der Waals surface area contributed by atoms with E-state index in [-0.39, 0.29) is 5.91 Å². The van der Waals surface area contributed by atoms with Crippen LogP contribution in [0.25, 0.3) is 21.0 Å². The lowest BCUT2D eigenvalue weighted by Gasteiger charge is -2.19. The number of hydrogen-bond donors (Lipinski definition) is 0. The van der Waals surface area contributed by atoms with Crippen molar-refractivity contribution < 1.29 is 9.21 Å². The van der Waals surface area contributed by atoms with Crippen molar-refractivity contribution in [1.29, 1.82) is 0 Å². The molecule has 136 valence electrons. The Balaban J connectivity index is 1.58. The number of thiazole rings is 1. The Morgan fingerprint density at radius 2 is 1.75 bits per heavy atom.